The van der Waals surface area contributed by atoms with Crippen molar-refractivity contribution in [3.05, 3.63) is 47.9 Å². The van der Waals surface area contributed by atoms with E-state index in [1.807, 2.05) is 31.2 Å². The van der Waals surface area contributed by atoms with Crippen LogP contribution in [-0.4, -0.2) is 81.1 Å². The number of hydrogen-bond acceptors (Lipinski definition) is 10. The van der Waals surface area contributed by atoms with Gasteiger partial charge in [-0.2, -0.15) is 9.97 Å². The quantitative estimate of drug-likeness (QED) is 0.283. The minimum absolute atomic E-state index is 0.0479. The predicted octanol–water partition coefficient (Wildman–Crippen LogP) is 4.21. The molecule has 2 aliphatic rings. The number of halogens is 1. The van der Waals surface area contributed by atoms with Crippen molar-refractivity contribution >= 4 is 27.5 Å². The van der Waals surface area contributed by atoms with Gasteiger partial charge in [0, 0.05) is 58.3 Å². The second kappa shape index (κ2) is 11.7. The van der Waals surface area contributed by atoms with E-state index in [4.69, 9.17) is 28.7 Å². The second-order valence-corrected chi connectivity index (χ2v) is 10.5. The summed E-state index contributed by atoms with van der Waals surface area (Å²) < 4.78 is 43.9. The van der Waals surface area contributed by atoms with Crippen molar-refractivity contribution in [2.75, 3.05) is 52.7 Å². The van der Waals surface area contributed by atoms with Crippen molar-refractivity contribution in [1.82, 2.24) is 20.3 Å². The molecule has 6 rings (SSSR count). The first-order valence-corrected chi connectivity index (χ1v) is 13.7. The lowest BCUT2D eigenvalue weighted by Gasteiger charge is -2.34. The Morgan fingerprint density at radius 2 is 1.83 bits per heavy atom. The molecular weight excluding hydrogens is 529 g/mol. The Hall–Kier alpha value is -3.64. The standard InChI is InChI=1S/C30H34FN5O5/c1-17-6-5-7-18-10-21(41-16-37-2)11-22(25(17)18)27-26(31)28-23(12-32-27)29(36-13-19-8-9-20(14-36)33-19)35-30(34-28)40-15-24(38-3)39-4/h5-7,10-12,19-20,24,33H,8-9,13-16H2,1-4H3. The van der Waals surface area contributed by atoms with Crippen molar-refractivity contribution in [1.29, 1.82) is 0 Å². The number of benzene rings is 2. The monoisotopic (exact) mass is 563 g/mol. The van der Waals surface area contributed by atoms with Crippen LogP contribution in [0.3, 0.4) is 0 Å². The lowest BCUT2D eigenvalue weighted by molar-refractivity contribution is -0.123. The number of fused-ring (bicyclic) bond motifs is 4. The van der Waals surface area contributed by atoms with Crippen molar-refractivity contribution in [2.24, 2.45) is 0 Å². The molecule has 2 aliphatic heterocycles. The Bertz CT molecular complexity index is 1550. The molecule has 10 nitrogen and oxygen atoms in total. The number of ether oxygens (including phenoxy) is 5. The van der Waals surface area contributed by atoms with Crippen LogP contribution in [0.25, 0.3) is 32.9 Å². The first-order valence-electron chi connectivity index (χ1n) is 13.7. The molecule has 41 heavy (non-hydrogen) atoms. The molecule has 0 spiro atoms. The highest BCUT2D eigenvalue weighted by Crippen LogP contribution is 2.39. The van der Waals surface area contributed by atoms with Gasteiger partial charge < -0.3 is 33.9 Å². The van der Waals surface area contributed by atoms with Gasteiger partial charge in [0.2, 0.25) is 0 Å². The topological polar surface area (TPSA) is 100 Å². The summed E-state index contributed by atoms with van der Waals surface area (Å²) in [6, 6.07) is 10.4. The van der Waals surface area contributed by atoms with E-state index in [0.29, 0.717) is 34.6 Å². The number of hydrogen-bond donors (Lipinski definition) is 1. The summed E-state index contributed by atoms with van der Waals surface area (Å²) in [6.07, 6.45) is 3.25. The SMILES string of the molecule is COCOc1cc(-c2ncc3c(N4CC5CCC(C4)N5)nc(OCC(OC)OC)nc3c2F)c2c(C)cccc2c1. The van der Waals surface area contributed by atoms with Crippen LogP contribution in [-0.2, 0) is 14.2 Å². The van der Waals surface area contributed by atoms with Gasteiger partial charge in [0.15, 0.2) is 18.9 Å². The van der Waals surface area contributed by atoms with E-state index in [1.165, 1.54) is 14.2 Å². The van der Waals surface area contributed by atoms with Crippen LogP contribution in [0, 0.1) is 12.7 Å². The average Bonchev–Trinajstić information content (AvgIpc) is 3.33. The number of aryl methyl sites for hydroxylation is 1. The summed E-state index contributed by atoms with van der Waals surface area (Å²) in [7, 11) is 4.60. The molecule has 216 valence electrons. The third-order valence-electron chi connectivity index (χ3n) is 7.79. The number of nitrogens with zero attached hydrogens (tertiary/aromatic N) is 4. The van der Waals surface area contributed by atoms with E-state index in [0.717, 1.165) is 42.3 Å². The zero-order valence-electron chi connectivity index (χ0n) is 23.6. The lowest BCUT2D eigenvalue weighted by atomic mass is 9.96. The summed E-state index contributed by atoms with van der Waals surface area (Å²) in [5, 5.41) is 5.95. The van der Waals surface area contributed by atoms with E-state index < -0.39 is 12.1 Å². The Labute approximate surface area is 237 Å². The normalized spacial score (nSPS) is 18.5. The second-order valence-electron chi connectivity index (χ2n) is 10.5. The maximum absolute atomic E-state index is 16.7. The fraction of sp³-hybridized carbons (Fsp3) is 0.433. The van der Waals surface area contributed by atoms with E-state index >= 15 is 4.39 Å². The maximum Gasteiger partial charge on any atom is 0.319 e. The van der Waals surface area contributed by atoms with E-state index in [1.54, 1.807) is 19.4 Å². The molecule has 2 aromatic heterocycles. The highest BCUT2D eigenvalue weighted by molar-refractivity contribution is 6.01. The fourth-order valence-corrected chi connectivity index (χ4v) is 5.84. The molecule has 1 N–H and O–H groups in total. The zero-order valence-corrected chi connectivity index (χ0v) is 23.6. The van der Waals surface area contributed by atoms with Gasteiger partial charge in [-0.3, -0.25) is 4.98 Å². The largest absolute Gasteiger partial charge is 0.468 e. The number of pyridine rings is 1. The molecule has 2 fully saturated rings. The molecule has 2 saturated heterocycles. The van der Waals surface area contributed by atoms with Gasteiger partial charge in [-0.1, -0.05) is 18.2 Å². The molecular formula is C30H34FN5O5. The number of rotatable bonds is 10. The third-order valence-corrected chi connectivity index (χ3v) is 7.79. The molecule has 0 amide bonds. The number of aromatic nitrogens is 3. The van der Waals surface area contributed by atoms with Crippen molar-refractivity contribution < 1.29 is 28.1 Å². The summed E-state index contributed by atoms with van der Waals surface area (Å²) in [6.45, 7) is 3.62. The molecule has 11 heteroatoms. The molecule has 0 aliphatic carbocycles. The van der Waals surface area contributed by atoms with Crippen molar-refractivity contribution in [3.63, 3.8) is 0 Å². The first kappa shape index (κ1) is 27.5. The average molecular weight is 564 g/mol. The van der Waals surface area contributed by atoms with Crippen molar-refractivity contribution in [2.45, 2.75) is 38.1 Å². The summed E-state index contributed by atoms with van der Waals surface area (Å²) in [5.74, 6) is 0.596. The van der Waals surface area contributed by atoms with Crippen LogP contribution >= 0.6 is 0 Å². The van der Waals surface area contributed by atoms with Crippen LogP contribution in [0.4, 0.5) is 10.2 Å². The molecule has 2 bridgehead atoms. The minimum atomic E-state index is -0.616. The Balaban J connectivity index is 1.51. The molecule has 4 aromatic rings. The molecule has 0 radical (unpaired) electrons. The highest BCUT2D eigenvalue weighted by Gasteiger charge is 2.34. The fourth-order valence-electron chi connectivity index (χ4n) is 5.84. The van der Waals surface area contributed by atoms with Crippen LogP contribution in [0.5, 0.6) is 11.8 Å². The summed E-state index contributed by atoms with van der Waals surface area (Å²) in [5.41, 5.74) is 1.90. The summed E-state index contributed by atoms with van der Waals surface area (Å²) >= 11 is 0. The molecule has 4 heterocycles. The van der Waals surface area contributed by atoms with Gasteiger partial charge in [0.05, 0.1) is 5.39 Å². The molecule has 2 aromatic carbocycles. The Morgan fingerprint density at radius 1 is 1.05 bits per heavy atom. The van der Waals surface area contributed by atoms with E-state index in [9.17, 15) is 0 Å². The predicted molar refractivity (Wildman–Crippen MR) is 153 cm³/mol. The minimum Gasteiger partial charge on any atom is -0.468 e. The molecule has 2 unspecified atom stereocenters. The van der Waals surface area contributed by atoms with Crippen LogP contribution in [0.15, 0.2) is 36.5 Å². The molecule has 2 atom stereocenters. The smallest absolute Gasteiger partial charge is 0.319 e. The molecule has 0 saturated carbocycles. The van der Waals surface area contributed by atoms with Gasteiger partial charge >= 0.3 is 6.01 Å². The summed E-state index contributed by atoms with van der Waals surface area (Å²) in [4.78, 5) is 16.1. The number of anilines is 1. The Kier molecular flexibility index (Phi) is 7.85. The van der Waals surface area contributed by atoms with Crippen LogP contribution < -0.4 is 19.7 Å². The van der Waals surface area contributed by atoms with Crippen molar-refractivity contribution in [3.8, 4) is 23.0 Å². The Morgan fingerprint density at radius 3 is 2.56 bits per heavy atom. The van der Waals surface area contributed by atoms with Crippen LogP contribution in [0.1, 0.15) is 18.4 Å². The number of piperazine rings is 1. The van der Waals surface area contributed by atoms with Gasteiger partial charge in [0.1, 0.15) is 29.4 Å². The van der Waals surface area contributed by atoms with E-state index in [2.05, 4.69) is 20.2 Å². The number of methoxy groups -OCH3 is 3. The van der Waals surface area contributed by atoms with E-state index in [-0.39, 0.29) is 30.6 Å². The van der Waals surface area contributed by atoms with Gasteiger partial charge in [-0.25, -0.2) is 4.39 Å². The highest BCUT2D eigenvalue weighted by atomic mass is 19.1. The van der Waals surface area contributed by atoms with Gasteiger partial charge in [0.25, 0.3) is 0 Å². The van der Waals surface area contributed by atoms with Gasteiger partial charge in [-0.05, 0) is 48.2 Å². The third kappa shape index (κ3) is 5.38. The first-order chi connectivity index (χ1) is 20.0. The zero-order chi connectivity index (χ0) is 28.5. The number of nitrogens with one attached hydrogen (secondary N) is 1. The lowest BCUT2D eigenvalue weighted by Crippen LogP contribution is -2.51. The maximum atomic E-state index is 16.7. The van der Waals surface area contributed by atoms with Gasteiger partial charge in [-0.15, -0.1) is 0 Å². The van der Waals surface area contributed by atoms with Crippen LogP contribution in [0.2, 0.25) is 0 Å².